The number of halogens is 5. The van der Waals surface area contributed by atoms with Crippen LogP contribution in [0, 0.1) is 5.82 Å². The van der Waals surface area contributed by atoms with Crippen LogP contribution in [0.25, 0.3) is 11.1 Å². The fraction of sp³-hybridized carbons (Fsp3) is 0.333. The Hall–Kier alpha value is -1.79. The van der Waals surface area contributed by atoms with Gasteiger partial charge in [0.15, 0.2) is 0 Å². The molecule has 0 spiro atoms. The molecule has 1 heterocycles. The number of nitrogens with two attached hydrogens (primary N) is 1. The van der Waals surface area contributed by atoms with Gasteiger partial charge in [0.05, 0.1) is 5.56 Å². The average molecular weight is 376 g/mol. The molecular weight excluding hydrogens is 358 g/mol. The molecule has 25 heavy (non-hydrogen) atoms. The van der Waals surface area contributed by atoms with Gasteiger partial charge in [0.2, 0.25) is 0 Å². The lowest BCUT2D eigenvalue weighted by molar-refractivity contribution is -0.137. The van der Waals surface area contributed by atoms with E-state index < -0.39 is 17.6 Å². The predicted molar refractivity (Wildman–Crippen MR) is 90.4 cm³/mol. The van der Waals surface area contributed by atoms with E-state index in [4.69, 9.17) is 22.1 Å². The van der Waals surface area contributed by atoms with Crippen LogP contribution in [0.5, 0.6) is 5.75 Å². The summed E-state index contributed by atoms with van der Waals surface area (Å²) in [6, 6.07) is 5.56. The van der Waals surface area contributed by atoms with Gasteiger partial charge in [-0.25, -0.2) is 4.39 Å². The Labute approximate surface area is 148 Å². The van der Waals surface area contributed by atoms with E-state index in [1.807, 2.05) is 0 Å². The van der Waals surface area contributed by atoms with E-state index in [1.165, 1.54) is 18.2 Å². The van der Waals surface area contributed by atoms with E-state index in [9.17, 15) is 17.6 Å². The minimum Gasteiger partial charge on any atom is -0.488 e. The van der Waals surface area contributed by atoms with Gasteiger partial charge in [-0.3, -0.25) is 0 Å². The van der Waals surface area contributed by atoms with E-state index in [0.717, 1.165) is 12.1 Å². The monoisotopic (exact) mass is 375 g/mol. The third kappa shape index (κ3) is 3.90. The van der Waals surface area contributed by atoms with Gasteiger partial charge in [0.1, 0.15) is 17.7 Å². The highest BCUT2D eigenvalue weighted by molar-refractivity contribution is 6.33. The highest BCUT2D eigenvalue weighted by atomic mass is 35.5. The van der Waals surface area contributed by atoms with Crippen molar-refractivity contribution in [1.29, 1.82) is 0 Å². The Kier molecular flexibility index (Phi) is 5.64. The fourth-order valence-corrected chi connectivity index (χ4v) is 3.08. The molecule has 1 atom stereocenters. The van der Waals surface area contributed by atoms with Crippen molar-refractivity contribution < 1.29 is 22.3 Å². The van der Waals surface area contributed by atoms with E-state index in [1.54, 1.807) is 0 Å². The second-order valence-electron chi connectivity index (χ2n) is 5.65. The van der Waals surface area contributed by atoms with Gasteiger partial charge in [-0.2, -0.15) is 13.2 Å². The minimum atomic E-state index is -4.50. The van der Waals surface area contributed by atoms with Crippen LogP contribution >= 0.6 is 11.6 Å². The first-order chi connectivity index (χ1) is 11.3. The Morgan fingerprint density at radius 1 is 1.16 bits per heavy atom. The van der Waals surface area contributed by atoms with Gasteiger partial charge < -0.3 is 10.5 Å². The smallest absolute Gasteiger partial charge is 0.416 e. The second-order valence-corrected chi connectivity index (χ2v) is 6.06. The zero-order valence-electron chi connectivity index (χ0n) is 12.5. The number of benzene rings is 2. The molecule has 0 unspecified atom stereocenters. The first kappa shape index (κ1) is 19.5. The summed E-state index contributed by atoms with van der Waals surface area (Å²) in [6.07, 6.45) is -3.46. The summed E-state index contributed by atoms with van der Waals surface area (Å²) >= 11 is 6.03. The molecule has 2 aromatic carbocycles. The maximum Gasteiger partial charge on any atom is 0.416 e. The molecule has 0 radical (unpaired) electrons. The van der Waals surface area contributed by atoms with Gasteiger partial charge in [-0.15, -0.1) is 0 Å². The van der Waals surface area contributed by atoms with Crippen LogP contribution < -0.4 is 10.5 Å². The maximum absolute atomic E-state index is 13.9. The summed E-state index contributed by atoms with van der Waals surface area (Å²) in [5, 5.41) is -0.115. The molecule has 2 N–H and O–H groups in total. The van der Waals surface area contributed by atoms with Gasteiger partial charge in [0, 0.05) is 22.7 Å². The molecule has 3 rings (SSSR count). The molecule has 0 saturated heterocycles. The van der Waals surface area contributed by atoms with Gasteiger partial charge in [-0.05, 0) is 42.7 Å². The third-order valence-electron chi connectivity index (χ3n) is 4.00. The third-order valence-corrected chi connectivity index (χ3v) is 4.31. The number of alkyl halides is 3. The standard InChI is InChI=1S/C17H14ClF4NO.CH4/c18-15-6-10(17(20,21)22)2-4-13(15)14-7-11(19)5-9-1-3-12(8-23)24-16(9)14;/h2,4-7,12H,1,3,8,23H2;1H4/t12-;/m1./s1. The molecule has 1 aliphatic heterocycles. The number of ether oxygens (including phenoxy) is 1. The molecular formula is C18H18ClF4NO. The van der Waals surface area contributed by atoms with Crippen LogP contribution in [0.2, 0.25) is 5.02 Å². The van der Waals surface area contributed by atoms with Crippen LogP contribution in [0.3, 0.4) is 0 Å². The highest BCUT2D eigenvalue weighted by Crippen LogP contribution is 2.42. The summed E-state index contributed by atoms with van der Waals surface area (Å²) in [6.45, 7) is 0.303. The van der Waals surface area contributed by atoms with Gasteiger partial charge >= 0.3 is 6.18 Å². The Morgan fingerprint density at radius 2 is 1.88 bits per heavy atom. The normalized spacial score (nSPS) is 16.6. The van der Waals surface area contributed by atoms with Crippen molar-refractivity contribution in [3.8, 4) is 16.9 Å². The fourth-order valence-electron chi connectivity index (χ4n) is 2.79. The Morgan fingerprint density at radius 3 is 2.48 bits per heavy atom. The maximum atomic E-state index is 13.9. The molecule has 0 aromatic heterocycles. The topological polar surface area (TPSA) is 35.2 Å². The average Bonchev–Trinajstić information content (AvgIpc) is 2.52. The lowest BCUT2D eigenvalue weighted by Crippen LogP contribution is -2.30. The summed E-state index contributed by atoms with van der Waals surface area (Å²) in [5.41, 5.74) is 6.05. The van der Waals surface area contributed by atoms with Crippen molar-refractivity contribution in [3.05, 3.63) is 52.3 Å². The number of rotatable bonds is 2. The van der Waals surface area contributed by atoms with Crippen molar-refractivity contribution >= 4 is 11.6 Å². The molecule has 0 bridgehead atoms. The lowest BCUT2D eigenvalue weighted by Gasteiger charge is -2.27. The Bertz CT molecular complexity index is 776. The minimum absolute atomic E-state index is 0. The summed E-state index contributed by atoms with van der Waals surface area (Å²) < 4.78 is 58.1. The van der Waals surface area contributed by atoms with Crippen LogP contribution in [0.1, 0.15) is 25.0 Å². The summed E-state index contributed by atoms with van der Waals surface area (Å²) in [7, 11) is 0. The lowest BCUT2D eigenvalue weighted by atomic mass is 9.94. The van der Waals surface area contributed by atoms with Crippen LogP contribution in [0.15, 0.2) is 30.3 Å². The molecule has 7 heteroatoms. The molecule has 0 fully saturated rings. The molecule has 2 aromatic rings. The zero-order chi connectivity index (χ0) is 17.5. The van der Waals surface area contributed by atoms with Crippen molar-refractivity contribution in [3.63, 3.8) is 0 Å². The van der Waals surface area contributed by atoms with E-state index in [0.29, 0.717) is 36.3 Å². The highest BCUT2D eigenvalue weighted by Gasteiger charge is 2.31. The van der Waals surface area contributed by atoms with Crippen molar-refractivity contribution in [1.82, 2.24) is 0 Å². The summed E-state index contributed by atoms with van der Waals surface area (Å²) in [4.78, 5) is 0. The molecule has 0 aliphatic carbocycles. The largest absolute Gasteiger partial charge is 0.488 e. The molecule has 0 amide bonds. The number of fused-ring (bicyclic) bond motifs is 1. The number of hydrogen-bond donors (Lipinski definition) is 1. The van der Waals surface area contributed by atoms with Crippen LogP contribution in [0.4, 0.5) is 17.6 Å². The van der Waals surface area contributed by atoms with Gasteiger partial charge in [-0.1, -0.05) is 25.1 Å². The molecule has 1 aliphatic rings. The zero-order valence-corrected chi connectivity index (χ0v) is 13.2. The van der Waals surface area contributed by atoms with Crippen molar-refractivity contribution in [2.24, 2.45) is 5.73 Å². The number of aryl methyl sites for hydroxylation is 1. The second kappa shape index (κ2) is 7.22. The first-order valence-electron chi connectivity index (χ1n) is 7.36. The van der Waals surface area contributed by atoms with Crippen molar-refractivity contribution in [2.75, 3.05) is 6.54 Å². The van der Waals surface area contributed by atoms with Gasteiger partial charge in [0.25, 0.3) is 0 Å². The molecule has 2 nitrogen and oxygen atoms in total. The molecule has 136 valence electrons. The van der Waals surface area contributed by atoms with E-state index >= 15 is 0 Å². The number of hydrogen-bond acceptors (Lipinski definition) is 2. The first-order valence-corrected chi connectivity index (χ1v) is 7.73. The SMILES string of the molecule is C.NC[C@H]1CCc2cc(F)cc(-c3ccc(C(F)(F)F)cc3Cl)c2O1. The van der Waals surface area contributed by atoms with E-state index in [2.05, 4.69) is 0 Å². The van der Waals surface area contributed by atoms with E-state index in [-0.39, 0.29) is 24.1 Å². The molecule has 0 saturated carbocycles. The predicted octanol–water partition coefficient (Wildman–Crippen LogP) is 5.45. The quantitative estimate of drug-likeness (QED) is 0.708. The van der Waals surface area contributed by atoms with Crippen LogP contribution in [-0.4, -0.2) is 12.6 Å². The van der Waals surface area contributed by atoms with Crippen molar-refractivity contribution in [2.45, 2.75) is 32.5 Å². The Balaban J connectivity index is 0.00000225. The summed E-state index contributed by atoms with van der Waals surface area (Å²) in [5.74, 6) is -0.0609. The van der Waals surface area contributed by atoms with Crippen LogP contribution in [-0.2, 0) is 12.6 Å².